The van der Waals surface area contributed by atoms with Crippen LogP contribution in [-0.4, -0.2) is 14.8 Å². The van der Waals surface area contributed by atoms with Crippen LogP contribution in [0.3, 0.4) is 0 Å². The summed E-state index contributed by atoms with van der Waals surface area (Å²) in [4.78, 5) is 0. The van der Waals surface area contributed by atoms with Crippen molar-refractivity contribution in [2.45, 2.75) is 24.4 Å². The molecule has 0 saturated heterocycles. The maximum absolute atomic E-state index is 5.61. The lowest BCUT2D eigenvalue weighted by molar-refractivity contribution is 0.485. The van der Waals surface area contributed by atoms with Crippen LogP contribution in [0.2, 0.25) is 0 Å². The van der Waals surface area contributed by atoms with E-state index in [-0.39, 0.29) is 0 Å². The van der Waals surface area contributed by atoms with Crippen molar-refractivity contribution in [2.75, 3.05) is 0 Å². The number of thioether (sulfide) groups is 1. The van der Waals surface area contributed by atoms with Gasteiger partial charge in [-0.25, -0.2) is 0 Å². The first-order valence-corrected chi connectivity index (χ1v) is 10.9. The predicted octanol–water partition coefficient (Wildman–Crippen LogP) is 6.34. The van der Waals surface area contributed by atoms with Crippen LogP contribution in [-0.2, 0) is 12.3 Å². The first kappa shape index (κ1) is 18.7. The van der Waals surface area contributed by atoms with E-state index in [4.69, 9.17) is 4.42 Å². The fourth-order valence-electron chi connectivity index (χ4n) is 3.65. The summed E-state index contributed by atoms with van der Waals surface area (Å²) in [7, 11) is 0. The van der Waals surface area contributed by atoms with E-state index < -0.39 is 0 Å². The zero-order valence-electron chi connectivity index (χ0n) is 16.7. The summed E-state index contributed by atoms with van der Waals surface area (Å²) >= 11 is 1.70. The van der Waals surface area contributed by atoms with Gasteiger partial charge in [-0.2, -0.15) is 0 Å². The molecular formula is C25H21N3OS. The normalized spacial score (nSPS) is 11.2. The Morgan fingerprint density at radius 3 is 2.63 bits per heavy atom. The molecule has 0 saturated carbocycles. The molecule has 2 aromatic heterocycles. The van der Waals surface area contributed by atoms with Crippen molar-refractivity contribution >= 4 is 22.5 Å². The van der Waals surface area contributed by atoms with E-state index in [9.17, 15) is 0 Å². The van der Waals surface area contributed by atoms with Crippen molar-refractivity contribution < 1.29 is 4.42 Å². The van der Waals surface area contributed by atoms with E-state index in [1.807, 2.05) is 12.1 Å². The molecule has 3 aromatic carbocycles. The molecule has 0 bridgehead atoms. The molecule has 30 heavy (non-hydrogen) atoms. The smallest absolute Gasteiger partial charge is 0.192 e. The fourth-order valence-corrected chi connectivity index (χ4v) is 4.60. The number of aromatic nitrogens is 3. The second-order valence-corrected chi connectivity index (χ2v) is 8.21. The lowest BCUT2D eigenvalue weighted by Gasteiger charge is -2.10. The minimum absolute atomic E-state index is 0.598. The molecule has 148 valence electrons. The lowest BCUT2D eigenvalue weighted by Crippen LogP contribution is -2.03. The van der Waals surface area contributed by atoms with E-state index in [0.29, 0.717) is 6.54 Å². The van der Waals surface area contributed by atoms with Crippen molar-refractivity contribution in [3.8, 4) is 11.4 Å². The molecule has 4 nitrogen and oxygen atoms in total. The van der Waals surface area contributed by atoms with Crippen LogP contribution in [0, 0.1) is 6.92 Å². The van der Waals surface area contributed by atoms with Gasteiger partial charge in [-0.3, -0.25) is 4.57 Å². The number of nitrogens with zero attached hydrogens (tertiary/aromatic N) is 3. The Kier molecular flexibility index (Phi) is 5.11. The molecule has 0 atom stereocenters. The topological polar surface area (TPSA) is 43.9 Å². The first-order valence-electron chi connectivity index (χ1n) is 9.90. The van der Waals surface area contributed by atoms with Gasteiger partial charge in [0.05, 0.1) is 12.8 Å². The molecule has 5 aromatic rings. The van der Waals surface area contributed by atoms with Gasteiger partial charge in [0.15, 0.2) is 11.0 Å². The lowest BCUT2D eigenvalue weighted by atomic mass is 10.1. The summed E-state index contributed by atoms with van der Waals surface area (Å²) in [5.41, 5.74) is 3.55. The quantitative estimate of drug-likeness (QED) is 0.306. The highest BCUT2D eigenvalue weighted by atomic mass is 32.2. The van der Waals surface area contributed by atoms with Crippen molar-refractivity contribution in [3.05, 3.63) is 102 Å². The maximum Gasteiger partial charge on any atom is 0.192 e. The molecule has 0 radical (unpaired) electrons. The van der Waals surface area contributed by atoms with Gasteiger partial charge < -0.3 is 4.42 Å². The summed E-state index contributed by atoms with van der Waals surface area (Å²) in [6.45, 7) is 2.69. The van der Waals surface area contributed by atoms with Gasteiger partial charge >= 0.3 is 0 Å². The van der Waals surface area contributed by atoms with Gasteiger partial charge in [-0.15, -0.1) is 10.2 Å². The summed E-state index contributed by atoms with van der Waals surface area (Å²) in [5, 5.41) is 12.5. The van der Waals surface area contributed by atoms with E-state index >= 15 is 0 Å². The number of rotatable bonds is 6. The summed E-state index contributed by atoms with van der Waals surface area (Å²) < 4.78 is 7.75. The summed E-state index contributed by atoms with van der Waals surface area (Å²) in [6, 6.07) is 27.2. The molecule has 0 spiro atoms. The standard InChI is InChI=1S/C25H21N3OS/c1-18-7-4-10-20(15-18)24-26-27-25(28(24)16-22-12-6-14-29-22)30-17-21-11-5-9-19-8-2-3-13-23(19)21/h2-15H,16-17H2,1H3. The van der Waals surface area contributed by atoms with Crippen molar-refractivity contribution in [1.82, 2.24) is 14.8 Å². The van der Waals surface area contributed by atoms with Gasteiger partial charge in [0, 0.05) is 11.3 Å². The number of benzene rings is 3. The number of hydrogen-bond acceptors (Lipinski definition) is 4. The molecule has 5 rings (SSSR count). The Hall–Kier alpha value is -3.31. The van der Waals surface area contributed by atoms with Gasteiger partial charge in [-0.1, -0.05) is 78.0 Å². The zero-order chi connectivity index (χ0) is 20.3. The Labute approximate surface area is 179 Å². The monoisotopic (exact) mass is 411 g/mol. The van der Waals surface area contributed by atoms with Crippen LogP contribution in [0.4, 0.5) is 0 Å². The Bertz CT molecular complexity index is 1290. The van der Waals surface area contributed by atoms with Crippen LogP contribution >= 0.6 is 11.8 Å². The van der Waals surface area contributed by atoms with Crippen molar-refractivity contribution in [2.24, 2.45) is 0 Å². The van der Waals surface area contributed by atoms with Crippen LogP contribution in [0.5, 0.6) is 0 Å². The highest BCUT2D eigenvalue weighted by molar-refractivity contribution is 7.98. The maximum atomic E-state index is 5.61. The van der Waals surface area contributed by atoms with Crippen LogP contribution < -0.4 is 0 Å². The van der Waals surface area contributed by atoms with Gasteiger partial charge in [0.2, 0.25) is 0 Å². The predicted molar refractivity (Wildman–Crippen MR) is 122 cm³/mol. The van der Waals surface area contributed by atoms with Gasteiger partial charge in [0.1, 0.15) is 5.76 Å². The number of aryl methyl sites for hydroxylation is 1. The molecule has 2 heterocycles. The molecule has 0 aliphatic carbocycles. The molecule has 0 N–H and O–H groups in total. The number of fused-ring (bicyclic) bond motifs is 1. The molecule has 0 aliphatic heterocycles. The first-order chi connectivity index (χ1) is 14.8. The highest BCUT2D eigenvalue weighted by Crippen LogP contribution is 2.30. The summed E-state index contributed by atoms with van der Waals surface area (Å²) in [6.07, 6.45) is 1.70. The highest BCUT2D eigenvalue weighted by Gasteiger charge is 2.16. The Morgan fingerprint density at radius 2 is 1.77 bits per heavy atom. The minimum atomic E-state index is 0.598. The molecule has 0 amide bonds. The fraction of sp³-hybridized carbons (Fsp3) is 0.120. The van der Waals surface area contributed by atoms with Crippen LogP contribution in [0.15, 0.2) is 94.7 Å². The average Bonchev–Trinajstić information content (AvgIpc) is 3.43. The second-order valence-electron chi connectivity index (χ2n) is 7.27. The molecular weight excluding hydrogens is 390 g/mol. The molecule has 0 aliphatic rings. The number of furan rings is 1. The van der Waals surface area contributed by atoms with Crippen LogP contribution in [0.1, 0.15) is 16.9 Å². The largest absolute Gasteiger partial charge is 0.467 e. The minimum Gasteiger partial charge on any atom is -0.467 e. The molecule has 5 heteroatoms. The number of hydrogen-bond donors (Lipinski definition) is 0. The molecule has 0 unspecified atom stereocenters. The molecule has 0 fully saturated rings. The van der Waals surface area contributed by atoms with E-state index in [0.717, 1.165) is 28.1 Å². The Balaban J connectivity index is 1.50. The average molecular weight is 412 g/mol. The van der Waals surface area contributed by atoms with Crippen molar-refractivity contribution in [1.29, 1.82) is 0 Å². The van der Waals surface area contributed by atoms with E-state index in [1.54, 1.807) is 18.0 Å². The van der Waals surface area contributed by atoms with Crippen molar-refractivity contribution in [3.63, 3.8) is 0 Å². The van der Waals surface area contributed by atoms with E-state index in [1.165, 1.54) is 21.9 Å². The third kappa shape index (κ3) is 3.76. The van der Waals surface area contributed by atoms with E-state index in [2.05, 4.69) is 88.4 Å². The van der Waals surface area contributed by atoms with Gasteiger partial charge in [0.25, 0.3) is 0 Å². The zero-order valence-corrected chi connectivity index (χ0v) is 17.5. The second kappa shape index (κ2) is 8.20. The summed E-state index contributed by atoms with van der Waals surface area (Å²) in [5.74, 6) is 2.57. The van der Waals surface area contributed by atoms with Crippen LogP contribution in [0.25, 0.3) is 22.2 Å². The van der Waals surface area contributed by atoms with Gasteiger partial charge in [-0.05, 0) is 41.5 Å². The third-order valence-electron chi connectivity index (χ3n) is 5.12. The third-order valence-corrected chi connectivity index (χ3v) is 6.14. The SMILES string of the molecule is Cc1cccc(-c2nnc(SCc3cccc4ccccc34)n2Cc2ccco2)c1. The Morgan fingerprint density at radius 1 is 0.900 bits per heavy atom.